The molecule has 2 atom stereocenters. The van der Waals surface area contributed by atoms with Crippen LogP contribution in [0.15, 0.2) is 30.6 Å². The van der Waals surface area contributed by atoms with Gasteiger partial charge in [0.05, 0.1) is 28.7 Å². The summed E-state index contributed by atoms with van der Waals surface area (Å²) in [4.78, 5) is 38.9. The molecule has 1 aromatic carbocycles. The zero-order valence-corrected chi connectivity index (χ0v) is 21.0. The highest BCUT2D eigenvalue weighted by Gasteiger charge is 2.30. The monoisotopic (exact) mass is 471 g/mol. The van der Waals surface area contributed by atoms with E-state index >= 15 is 0 Å². The molecule has 8 nitrogen and oxygen atoms in total. The number of esters is 1. The second-order valence-corrected chi connectivity index (χ2v) is 10.1. The van der Waals surface area contributed by atoms with Crippen LogP contribution in [0.3, 0.4) is 0 Å². The number of thiazole rings is 1. The van der Waals surface area contributed by atoms with Gasteiger partial charge in [0.15, 0.2) is 5.13 Å². The Morgan fingerprint density at radius 3 is 2.67 bits per heavy atom. The minimum absolute atomic E-state index is 0.0881. The van der Waals surface area contributed by atoms with Gasteiger partial charge < -0.3 is 19.9 Å². The van der Waals surface area contributed by atoms with E-state index in [9.17, 15) is 9.59 Å². The van der Waals surface area contributed by atoms with Crippen LogP contribution >= 0.6 is 11.3 Å². The van der Waals surface area contributed by atoms with Crippen LogP contribution in [0.2, 0.25) is 0 Å². The van der Waals surface area contributed by atoms with Crippen molar-refractivity contribution in [1.29, 1.82) is 0 Å². The summed E-state index contributed by atoms with van der Waals surface area (Å²) in [6.45, 7) is 5.73. The molecule has 3 rings (SSSR count). The first-order chi connectivity index (χ1) is 15.7. The third-order valence-electron chi connectivity index (χ3n) is 6.01. The van der Waals surface area contributed by atoms with E-state index in [-0.39, 0.29) is 30.3 Å². The highest BCUT2D eigenvalue weighted by atomic mass is 32.1. The number of likely N-dealkylation sites (N-methyl/N-ethyl adjacent to an activating group) is 1. The molecule has 0 fully saturated rings. The number of carbonyl (C=O) groups excluding carboxylic acids is 2. The third kappa shape index (κ3) is 5.78. The summed E-state index contributed by atoms with van der Waals surface area (Å²) in [7, 11) is 5.53. The van der Waals surface area contributed by atoms with Crippen molar-refractivity contribution in [2.24, 2.45) is 5.41 Å². The van der Waals surface area contributed by atoms with Gasteiger partial charge in [-0.15, -0.1) is 0 Å². The Morgan fingerprint density at radius 2 is 2.06 bits per heavy atom. The zero-order valence-electron chi connectivity index (χ0n) is 20.1. The number of hydrogen-bond acceptors (Lipinski definition) is 7. The number of amides is 1. The molecule has 0 radical (unpaired) electrons. The topological polar surface area (TPSA) is 100 Å². The molecule has 0 aliphatic rings. The molecule has 33 heavy (non-hydrogen) atoms. The van der Waals surface area contributed by atoms with Crippen molar-refractivity contribution in [3.05, 3.63) is 42.0 Å². The molecule has 178 valence electrons. The number of nitrogens with one attached hydrogen (secondary N) is 2. The highest BCUT2D eigenvalue weighted by molar-refractivity contribution is 7.22. The molecule has 2 heterocycles. The quantitative estimate of drug-likeness (QED) is 0.425. The number of aromatic amines is 1. The molecule has 0 bridgehead atoms. The zero-order chi connectivity index (χ0) is 24.2. The van der Waals surface area contributed by atoms with Gasteiger partial charge in [-0.2, -0.15) is 0 Å². The lowest BCUT2D eigenvalue weighted by Crippen LogP contribution is -2.34. The standard InChI is InChI=1S/C24H33N5O3S/c1-7-17(29(4)5)20(21-25-12-13-26-21)15-8-9-16-18(14-15)33-23(27-16)28-19(30)10-11-24(2,3)22(31)32-6/h8-9,12-14,17,20H,7,10-11H2,1-6H3,(H,25,26)(H,27,28,30). The lowest BCUT2D eigenvalue weighted by molar-refractivity contribution is -0.151. The number of nitrogens with zero attached hydrogens (tertiary/aromatic N) is 3. The van der Waals surface area contributed by atoms with Crippen LogP contribution in [0.25, 0.3) is 10.2 Å². The number of benzene rings is 1. The number of hydrogen-bond donors (Lipinski definition) is 2. The number of rotatable bonds is 10. The maximum Gasteiger partial charge on any atom is 0.311 e. The second-order valence-electron chi connectivity index (χ2n) is 9.06. The Balaban J connectivity index is 1.79. The van der Waals surface area contributed by atoms with Crippen molar-refractivity contribution in [3.8, 4) is 0 Å². The maximum atomic E-state index is 12.5. The van der Waals surface area contributed by atoms with E-state index in [2.05, 4.69) is 58.3 Å². The minimum atomic E-state index is -0.711. The largest absolute Gasteiger partial charge is 0.469 e. The number of aromatic nitrogens is 3. The van der Waals surface area contributed by atoms with Gasteiger partial charge in [0, 0.05) is 24.9 Å². The molecular weight excluding hydrogens is 438 g/mol. The smallest absolute Gasteiger partial charge is 0.311 e. The lowest BCUT2D eigenvalue weighted by Gasteiger charge is -2.31. The predicted molar refractivity (Wildman–Crippen MR) is 131 cm³/mol. The molecule has 3 aromatic rings. The number of imidazole rings is 1. The van der Waals surface area contributed by atoms with Crippen LogP contribution in [0.5, 0.6) is 0 Å². The molecular formula is C24H33N5O3S. The summed E-state index contributed by atoms with van der Waals surface area (Å²) in [5, 5.41) is 3.43. The van der Waals surface area contributed by atoms with Crippen LogP contribution in [-0.2, 0) is 14.3 Å². The summed E-state index contributed by atoms with van der Waals surface area (Å²) in [6, 6.07) is 6.50. The van der Waals surface area contributed by atoms with Crippen LogP contribution in [-0.4, -0.2) is 59.0 Å². The molecule has 2 unspecified atom stereocenters. The Kier molecular flexibility index (Phi) is 7.86. The molecule has 2 aromatic heterocycles. The molecule has 1 amide bonds. The molecule has 0 aliphatic heterocycles. The Morgan fingerprint density at radius 1 is 1.30 bits per heavy atom. The normalized spacial score (nSPS) is 13.8. The van der Waals surface area contributed by atoms with E-state index < -0.39 is 5.41 Å². The number of fused-ring (bicyclic) bond motifs is 1. The summed E-state index contributed by atoms with van der Waals surface area (Å²) in [5.41, 5.74) is 1.28. The number of anilines is 1. The Labute approximate surface area is 198 Å². The van der Waals surface area contributed by atoms with Gasteiger partial charge in [0.1, 0.15) is 5.82 Å². The van der Waals surface area contributed by atoms with Gasteiger partial charge in [-0.25, -0.2) is 9.97 Å². The van der Waals surface area contributed by atoms with Crippen LogP contribution in [0.1, 0.15) is 57.3 Å². The first-order valence-electron chi connectivity index (χ1n) is 11.1. The van der Waals surface area contributed by atoms with Gasteiger partial charge in [-0.05, 0) is 58.5 Å². The van der Waals surface area contributed by atoms with Gasteiger partial charge >= 0.3 is 5.97 Å². The van der Waals surface area contributed by atoms with E-state index in [0.717, 1.165) is 28.0 Å². The highest BCUT2D eigenvalue weighted by Crippen LogP contribution is 2.34. The first-order valence-corrected chi connectivity index (χ1v) is 11.9. The predicted octanol–water partition coefficient (Wildman–Crippen LogP) is 4.41. The number of methoxy groups -OCH3 is 1. The number of carbonyl (C=O) groups is 2. The average Bonchev–Trinajstić information content (AvgIpc) is 3.44. The minimum Gasteiger partial charge on any atom is -0.469 e. The van der Waals surface area contributed by atoms with Crippen LogP contribution in [0, 0.1) is 5.41 Å². The molecule has 0 saturated carbocycles. The van der Waals surface area contributed by atoms with E-state index in [0.29, 0.717) is 11.6 Å². The van der Waals surface area contributed by atoms with Crippen LogP contribution < -0.4 is 5.32 Å². The fourth-order valence-electron chi connectivity index (χ4n) is 4.08. The van der Waals surface area contributed by atoms with Gasteiger partial charge in [0.2, 0.25) is 5.91 Å². The van der Waals surface area contributed by atoms with E-state index in [4.69, 9.17) is 4.74 Å². The van der Waals surface area contributed by atoms with Crippen molar-refractivity contribution in [3.63, 3.8) is 0 Å². The van der Waals surface area contributed by atoms with Gasteiger partial charge in [0.25, 0.3) is 0 Å². The Hall–Kier alpha value is -2.78. The van der Waals surface area contributed by atoms with Crippen molar-refractivity contribution < 1.29 is 14.3 Å². The Bertz CT molecular complexity index is 1090. The molecule has 0 spiro atoms. The first kappa shape index (κ1) is 24.9. The molecule has 0 saturated heterocycles. The van der Waals surface area contributed by atoms with E-state index in [1.807, 2.05) is 12.3 Å². The molecule has 9 heteroatoms. The second kappa shape index (κ2) is 10.4. The van der Waals surface area contributed by atoms with E-state index in [1.165, 1.54) is 18.4 Å². The van der Waals surface area contributed by atoms with Gasteiger partial charge in [-0.1, -0.05) is 24.3 Å². The fourth-order valence-corrected chi connectivity index (χ4v) is 5.01. The fraction of sp³-hybridized carbons (Fsp3) is 0.500. The van der Waals surface area contributed by atoms with Crippen LogP contribution in [0.4, 0.5) is 5.13 Å². The summed E-state index contributed by atoms with van der Waals surface area (Å²) < 4.78 is 5.81. The lowest BCUT2D eigenvalue weighted by atomic mass is 9.88. The molecule has 0 aliphatic carbocycles. The van der Waals surface area contributed by atoms with Crippen molar-refractivity contribution in [2.45, 2.75) is 52.0 Å². The SMILES string of the molecule is CCC(C(c1ccc2nc(NC(=O)CCC(C)(C)C(=O)OC)sc2c1)c1ncc[nH]1)N(C)C. The van der Waals surface area contributed by atoms with E-state index in [1.54, 1.807) is 20.0 Å². The molecule has 2 N–H and O–H groups in total. The van der Waals surface area contributed by atoms with Crippen molar-refractivity contribution in [1.82, 2.24) is 19.9 Å². The average molecular weight is 472 g/mol. The maximum absolute atomic E-state index is 12.5. The van der Waals surface area contributed by atoms with Crippen molar-refractivity contribution >= 4 is 38.6 Å². The summed E-state index contributed by atoms with van der Waals surface area (Å²) in [6.07, 6.45) is 5.22. The van der Waals surface area contributed by atoms with Gasteiger partial charge in [-0.3, -0.25) is 9.59 Å². The summed E-state index contributed by atoms with van der Waals surface area (Å²) in [5.74, 6) is 0.529. The van der Waals surface area contributed by atoms with Crippen molar-refractivity contribution in [2.75, 3.05) is 26.5 Å². The number of H-pyrrole nitrogens is 1. The summed E-state index contributed by atoms with van der Waals surface area (Å²) >= 11 is 1.45. The number of ether oxygens (including phenoxy) is 1. The third-order valence-corrected chi connectivity index (χ3v) is 6.95.